The van der Waals surface area contributed by atoms with Crippen LogP contribution >= 0.6 is 0 Å². The minimum Gasteiger partial charge on any atom is -0.458 e. The van der Waals surface area contributed by atoms with Crippen molar-refractivity contribution in [3.05, 3.63) is 83.6 Å². The monoisotopic (exact) mass is 462 g/mol. The lowest BCUT2D eigenvalue weighted by Crippen LogP contribution is -2.41. The summed E-state index contributed by atoms with van der Waals surface area (Å²) in [7, 11) is 0. The fourth-order valence-electron chi connectivity index (χ4n) is 4.30. The van der Waals surface area contributed by atoms with E-state index in [4.69, 9.17) is 8.83 Å². The number of furan rings is 1. The number of alkyl halides is 2. The molecule has 0 saturated carbocycles. The Morgan fingerprint density at radius 1 is 1.09 bits per heavy atom. The third kappa shape index (κ3) is 3.16. The number of nitrogens with one attached hydrogen (secondary N) is 1. The molecule has 5 aromatic rings. The highest BCUT2D eigenvalue weighted by molar-refractivity contribution is 5.91. The van der Waals surface area contributed by atoms with Crippen LogP contribution in [0.3, 0.4) is 0 Å². The summed E-state index contributed by atoms with van der Waals surface area (Å²) in [5.41, 5.74) is 1.63. The number of rotatable bonds is 4. The Balaban J connectivity index is 1.46. The number of imidazole rings is 1. The Bertz CT molecular complexity index is 1490. The molecule has 9 nitrogen and oxygen atoms in total. The van der Waals surface area contributed by atoms with E-state index in [1.54, 1.807) is 48.7 Å². The van der Waals surface area contributed by atoms with E-state index in [1.807, 2.05) is 0 Å². The number of aromatic nitrogens is 5. The van der Waals surface area contributed by atoms with Gasteiger partial charge in [0.1, 0.15) is 23.1 Å². The molecule has 0 spiro atoms. The summed E-state index contributed by atoms with van der Waals surface area (Å²) in [4.78, 5) is 26.4. The number of amides is 1. The van der Waals surface area contributed by atoms with Crippen LogP contribution in [-0.4, -0.2) is 42.5 Å². The van der Waals surface area contributed by atoms with E-state index in [-0.39, 0.29) is 35.0 Å². The van der Waals surface area contributed by atoms with Crippen molar-refractivity contribution in [1.29, 1.82) is 0 Å². The molecule has 0 bridgehead atoms. The molecule has 1 aliphatic heterocycles. The van der Waals surface area contributed by atoms with E-state index in [0.29, 0.717) is 23.4 Å². The van der Waals surface area contributed by atoms with Crippen molar-refractivity contribution < 1.29 is 22.4 Å². The van der Waals surface area contributed by atoms with Crippen LogP contribution < -0.4 is 0 Å². The highest BCUT2D eigenvalue weighted by atomic mass is 19.3. The van der Waals surface area contributed by atoms with E-state index in [9.17, 15) is 13.6 Å². The third-order valence-corrected chi connectivity index (χ3v) is 5.81. The molecule has 1 atom stereocenters. The van der Waals surface area contributed by atoms with Crippen LogP contribution in [0.1, 0.15) is 45.9 Å². The van der Waals surface area contributed by atoms with Crippen LogP contribution in [0.25, 0.3) is 22.6 Å². The smallest absolute Gasteiger partial charge is 0.312 e. The summed E-state index contributed by atoms with van der Waals surface area (Å²) < 4.78 is 40.0. The second kappa shape index (κ2) is 7.87. The maximum absolute atomic E-state index is 14.3. The average molecular weight is 462 g/mol. The minimum absolute atomic E-state index is 0.0398. The number of hydrogen-bond donors (Lipinski definition) is 1. The van der Waals surface area contributed by atoms with Gasteiger partial charge in [-0.25, -0.2) is 13.8 Å². The Hall–Kier alpha value is -4.41. The number of benzene rings is 1. The van der Waals surface area contributed by atoms with Gasteiger partial charge in [0.05, 0.1) is 17.6 Å². The summed E-state index contributed by atoms with van der Waals surface area (Å²) >= 11 is 0. The second-order valence-electron chi connectivity index (χ2n) is 7.72. The molecule has 34 heavy (non-hydrogen) atoms. The lowest BCUT2D eigenvalue weighted by molar-refractivity contribution is 0.0623. The van der Waals surface area contributed by atoms with Crippen LogP contribution in [0.2, 0.25) is 0 Å². The molecule has 6 rings (SSSR count). The Labute approximate surface area is 190 Å². The van der Waals surface area contributed by atoms with Gasteiger partial charge >= 0.3 is 11.8 Å². The first-order valence-corrected chi connectivity index (χ1v) is 10.5. The molecular weight excluding hydrogens is 446 g/mol. The van der Waals surface area contributed by atoms with Crippen molar-refractivity contribution in [1.82, 2.24) is 30.0 Å². The van der Waals surface area contributed by atoms with Gasteiger partial charge in [0.25, 0.3) is 12.3 Å². The van der Waals surface area contributed by atoms with Crippen LogP contribution in [0.15, 0.2) is 63.8 Å². The molecular formula is C23H16F2N6O3. The highest BCUT2D eigenvalue weighted by Gasteiger charge is 2.41. The topological polar surface area (TPSA) is 114 Å². The van der Waals surface area contributed by atoms with E-state index in [1.165, 1.54) is 11.2 Å². The molecule has 170 valence electrons. The van der Waals surface area contributed by atoms with E-state index >= 15 is 0 Å². The van der Waals surface area contributed by atoms with Crippen LogP contribution in [0, 0.1) is 0 Å². The first kappa shape index (κ1) is 20.2. The fraction of sp³-hybridized carbons (Fsp3) is 0.174. The van der Waals surface area contributed by atoms with E-state index in [0.717, 1.165) is 5.69 Å². The number of nitrogens with zero attached hydrogens (tertiary/aromatic N) is 5. The summed E-state index contributed by atoms with van der Waals surface area (Å²) in [6.45, 7) is 0.208. The van der Waals surface area contributed by atoms with Gasteiger partial charge in [0.2, 0.25) is 0 Å². The molecule has 0 fully saturated rings. The van der Waals surface area contributed by atoms with Gasteiger partial charge in [0.15, 0.2) is 0 Å². The number of fused-ring (bicyclic) bond motifs is 2. The van der Waals surface area contributed by atoms with Crippen molar-refractivity contribution in [2.75, 3.05) is 6.54 Å². The predicted molar refractivity (Wildman–Crippen MR) is 114 cm³/mol. The number of H-pyrrole nitrogens is 1. The molecule has 0 radical (unpaired) electrons. The summed E-state index contributed by atoms with van der Waals surface area (Å²) in [5.74, 6) is -0.856. The van der Waals surface area contributed by atoms with Gasteiger partial charge in [-0.2, -0.15) is 0 Å². The molecule has 11 heteroatoms. The maximum atomic E-state index is 14.3. The summed E-state index contributed by atoms with van der Waals surface area (Å²) in [6, 6.07) is 10.7. The zero-order chi connectivity index (χ0) is 23.2. The first-order valence-electron chi connectivity index (χ1n) is 10.5. The molecule has 5 heterocycles. The van der Waals surface area contributed by atoms with Gasteiger partial charge in [0, 0.05) is 30.2 Å². The normalized spacial score (nSPS) is 15.7. The fourth-order valence-corrected chi connectivity index (χ4v) is 4.30. The number of pyridine rings is 1. The maximum Gasteiger partial charge on any atom is 0.312 e. The number of carbonyl (C=O) groups is 1. The molecule has 0 saturated heterocycles. The molecule has 0 aliphatic carbocycles. The Morgan fingerprint density at radius 3 is 2.76 bits per heavy atom. The number of aromatic amines is 1. The highest BCUT2D eigenvalue weighted by Crippen LogP contribution is 2.43. The number of para-hydroxylation sites is 1. The lowest BCUT2D eigenvalue weighted by Gasteiger charge is -2.33. The van der Waals surface area contributed by atoms with Gasteiger partial charge in [-0.05, 0) is 18.2 Å². The molecule has 4 aromatic heterocycles. The number of hydrogen-bond acceptors (Lipinski definition) is 7. The minimum atomic E-state index is -2.82. The van der Waals surface area contributed by atoms with E-state index in [2.05, 4.69) is 25.1 Å². The lowest BCUT2D eigenvalue weighted by atomic mass is 9.97. The average Bonchev–Trinajstić information content (AvgIpc) is 3.61. The summed E-state index contributed by atoms with van der Waals surface area (Å²) in [5, 5.41) is 8.10. The van der Waals surface area contributed by atoms with E-state index < -0.39 is 18.4 Å². The first-order chi connectivity index (χ1) is 16.6. The number of halogens is 2. The quantitative estimate of drug-likeness (QED) is 0.423. The molecule has 1 aromatic carbocycles. The Morgan fingerprint density at radius 2 is 1.94 bits per heavy atom. The second-order valence-corrected chi connectivity index (χ2v) is 7.72. The van der Waals surface area contributed by atoms with Crippen molar-refractivity contribution in [3.8, 4) is 11.6 Å². The van der Waals surface area contributed by atoms with Gasteiger partial charge in [-0.1, -0.05) is 24.3 Å². The molecule has 1 amide bonds. The Kier molecular flexibility index (Phi) is 4.68. The zero-order valence-electron chi connectivity index (χ0n) is 17.5. The van der Waals surface area contributed by atoms with Crippen molar-refractivity contribution in [2.24, 2.45) is 0 Å². The summed E-state index contributed by atoms with van der Waals surface area (Å²) in [6.07, 6.45) is 0.665. The SMILES string of the molecule is O=C(c1nnc(-c2ccccn2)o1)N1CCc2[nH]cnc2[C@H]1c1oc2ccccc2c1C(F)F. The zero-order valence-corrected chi connectivity index (χ0v) is 17.5. The van der Waals surface area contributed by atoms with Crippen LogP contribution in [-0.2, 0) is 6.42 Å². The van der Waals surface area contributed by atoms with Crippen molar-refractivity contribution >= 4 is 16.9 Å². The standard InChI is InChI=1S/C23H16F2N6O3/c24-20(25)16-12-5-1-2-7-15(12)33-19(16)18-17-13(27-11-28-17)8-10-31(18)23(32)22-30-29-21(34-22)14-6-3-4-9-26-14/h1-7,9,11,18,20H,8,10H2,(H,27,28)/t18-/m0/s1. The van der Waals surface area contributed by atoms with Crippen molar-refractivity contribution in [2.45, 2.75) is 18.9 Å². The number of carbonyl (C=O) groups excluding carboxylic acids is 1. The molecule has 0 unspecified atom stereocenters. The van der Waals surface area contributed by atoms with Crippen LogP contribution in [0.4, 0.5) is 8.78 Å². The van der Waals surface area contributed by atoms with Crippen LogP contribution in [0.5, 0.6) is 0 Å². The van der Waals surface area contributed by atoms with Crippen molar-refractivity contribution in [3.63, 3.8) is 0 Å². The molecule has 1 N–H and O–H groups in total. The third-order valence-electron chi connectivity index (χ3n) is 5.81. The molecule has 1 aliphatic rings. The van der Waals surface area contributed by atoms with Gasteiger partial charge in [-0.3, -0.25) is 9.78 Å². The predicted octanol–water partition coefficient (Wildman–Crippen LogP) is 4.33. The van der Waals surface area contributed by atoms with Gasteiger partial charge in [-0.15, -0.1) is 10.2 Å². The largest absolute Gasteiger partial charge is 0.458 e. The van der Waals surface area contributed by atoms with Gasteiger partial charge < -0.3 is 18.7 Å².